The van der Waals surface area contributed by atoms with Crippen LogP contribution in [0.5, 0.6) is 0 Å². The fourth-order valence-corrected chi connectivity index (χ4v) is 2.18. The molecule has 0 spiro atoms. The van der Waals surface area contributed by atoms with Gasteiger partial charge in [0.25, 0.3) is 11.8 Å². The molecule has 1 amide bonds. The van der Waals surface area contributed by atoms with Crippen molar-refractivity contribution in [3.8, 4) is 11.6 Å². The summed E-state index contributed by atoms with van der Waals surface area (Å²) in [4.78, 5) is 16.8. The summed E-state index contributed by atoms with van der Waals surface area (Å²) in [5.74, 6) is -0.0762. The number of rotatable bonds is 4. The lowest BCUT2D eigenvalue weighted by Crippen LogP contribution is -2.07. The van der Waals surface area contributed by atoms with E-state index in [9.17, 15) is 4.79 Å². The van der Waals surface area contributed by atoms with Gasteiger partial charge < -0.3 is 4.42 Å². The number of thiophene rings is 1. The second-order valence-corrected chi connectivity index (χ2v) is 4.94. The van der Waals surface area contributed by atoms with E-state index >= 15 is 0 Å². The van der Waals surface area contributed by atoms with Crippen LogP contribution in [-0.4, -0.2) is 21.1 Å². The molecule has 3 rings (SSSR count). The highest BCUT2D eigenvalue weighted by atomic mass is 32.1. The number of pyridine rings is 1. The highest BCUT2D eigenvalue weighted by Crippen LogP contribution is 2.17. The zero-order valence-electron chi connectivity index (χ0n) is 10.8. The van der Waals surface area contributed by atoms with E-state index in [0.29, 0.717) is 5.69 Å². The average molecular weight is 298 g/mol. The number of nitrogens with zero attached hydrogens (tertiary/aromatic N) is 3. The van der Waals surface area contributed by atoms with Gasteiger partial charge in [-0.2, -0.15) is 0 Å². The van der Waals surface area contributed by atoms with Crippen molar-refractivity contribution in [1.29, 1.82) is 0 Å². The normalized spacial score (nSPS) is 10.9. The van der Waals surface area contributed by atoms with E-state index < -0.39 is 0 Å². The molecule has 0 saturated heterocycles. The summed E-state index contributed by atoms with van der Waals surface area (Å²) in [6.45, 7) is 0. The summed E-state index contributed by atoms with van der Waals surface area (Å²) in [5, 5.41) is 12.0. The Labute approximate surface area is 124 Å². The van der Waals surface area contributed by atoms with E-state index in [1.165, 1.54) is 6.08 Å². The van der Waals surface area contributed by atoms with Crippen molar-refractivity contribution in [1.82, 2.24) is 15.2 Å². The number of anilines is 1. The van der Waals surface area contributed by atoms with Crippen LogP contribution in [0.1, 0.15) is 4.88 Å². The molecule has 21 heavy (non-hydrogen) atoms. The fourth-order valence-electron chi connectivity index (χ4n) is 1.56. The van der Waals surface area contributed by atoms with Crippen LogP contribution in [0.3, 0.4) is 0 Å². The Morgan fingerprint density at radius 3 is 2.95 bits per heavy atom. The standard InChI is InChI=1S/C14H10N4O2S/c19-12(7-6-10-4-3-9-21-10)16-14-18-17-13(20-14)11-5-1-2-8-15-11/h1-9H,(H,16,18,19). The fraction of sp³-hybridized carbons (Fsp3) is 0. The largest absolute Gasteiger partial charge is 0.401 e. The molecule has 0 bridgehead atoms. The number of hydrogen-bond donors (Lipinski definition) is 1. The number of hydrogen-bond acceptors (Lipinski definition) is 6. The average Bonchev–Trinajstić information content (AvgIpc) is 3.17. The first-order valence-electron chi connectivity index (χ1n) is 6.09. The minimum Gasteiger partial charge on any atom is -0.401 e. The highest BCUT2D eigenvalue weighted by Gasteiger charge is 2.10. The number of amides is 1. The molecule has 3 aromatic heterocycles. The van der Waals surface area contributed by atoms with Gasteiger partial charge in [-0.1, -0.05) is 17.2 Å². The third kappa shape index (κ3) is 3.40. The van der Waals surface area contributed by atoms with Gasteiger partial charge in [0.1, 0.15) is 5.69 Å². The minimum atomic E-state index is -0.334. The number of carbonyl (C=O) groups is 1. The van der Waals surface area contributed by atoms with Gasteiger partial charge in [0.2, 0.25) is 0 Å². The molecule has 0 fully saturated rings. The molecule has 0 aromatic carbocycles. The van der Waals surface area contributed by atoms with Crippen LogP contribution in [0, 0.1) is 0 Å². The third-order valence-electron chi connectivity index (χ3n) is 2.48. The Kier molecular flexibility index (Phi) is 3.83. The van der Waals surface area contributed by atoms with E-state index in [1.54, 1.807) is 35.7 Å². The molecule has 104 valence electrons. The van der Waals surface area contributed by atoms with Gasteiger partial charge in [-0.05, 0) is 29.7 Å². The zero-order valence-corrected chi connectivity index (χ0v) is 11.6. The maximum absolute atomic E-state index is 11.7. The van der Waals surface area contributed by atoms with Crippen LogP contribution in [0.2, 0.25) is 0 Å². The van der Waals surface area contributed by atoms with Crippen molar-refractivity contribution in [2.45, 2.75) is 0 Å². The SMILES string of the molecule is O=C(C=Cc1cccs1)Nc1nnc(-c2ccccn2)o1. The predicted octanol–water partition coefficient (Wildman–Crippen LogP) is 2.84. The predicted molar refractivity (Wildman–Crippen MR) is 79.5 cm³/mol. The quantitative estimate of drug-likeness (QED) is 0.749. The summed E-state index contributed by atoms with van der Waals surface area (Å²) in [7, 11) is 0. The van der Waals surface area contributed by atoms with Crippen molar-refractivity contribution in [2.75, 3.05) is 5.32 Å². The van der Waals surface area contributed by atoms with Crippen LogP contribution in [0.4, 0.5) is 6.01 Å². The molecule has 0 aliphatic heterocycles. The molecule has 7 heteroatoms. The number of carbonyl (C=O) groups excluding carboxylic acids is 1. The molecule has 0 radical (unpaired) electrons. The molecule has 0 atom stereocenters. The summed E-state index contributed by atoms with van der Waals surface area (Å²) < 4.78 is 5.33. The molecule has 3 aromatic rings. The van der Waals surface area contributed by atoms with E-state index in [-0.39, 0.29) is 17.8 Å². The van der Waals surface area contributed by atoms with E-state index in [1.807, 2.05) is 23.6 Å². The molecular formula is C14H10N4O2S. The smallest absolute Gasteiger partial charge is 0.322 e. The van der Waals surface area contributed by atoms with Gasteiger partial charge in [0, 0.05) is 17.2 Å². The van der Waals surface area contributed by atoms with Crippen molar-refractivity contribution in [2.24, 2.45) is 0 Å². The topological polar surface area (TPSA) is 80.9 Å². The van der Waals surface area contributed by atoms with Crippen molar-refractivity contribution < 1.29 is 9.21 Å². The highest BCUT2D eigenvalue weighted by molar-refractivity contribution is 7.10. The van der Waals surface area contributed by atoms with Gasteiger partial charge in [-0.25, -0.2) is 0 Å². The first-order chi connectivity index (χ1) is 10.3. The molecule has 0 unspecified atom stereocenters. The van der Waals surface area contributed by atoms with Gasteiger partial charge in [0.05, 0.1) is 0 Å². The van der Waals surface area contributed by atoms with Crippen LogP contribution in [0.25, 0.3) is 17.7 Å². The maximum Gasteiger partial charge on any atom is 0.322 e. The van der Waals surface area contributed by atoms with Crippen LogP contribution in [-0.2, 0) is 4.79 Å². The molecule has 3 heterocycles. The molecule has 0 aliphatic rings. The number of nitrogens with one attached hydrogen (secondary N) is 1. The molecule has 1 N–H and O–H groups in total. The van der Waals surface area contributed by atoms with Crippen LogP contribution >= 0.6 is 11.3 Å². The summed E-state index contributed by atoms with van der Waals surface area (Å²) >= 11 is 1.55. The summed E-state index contributed by atoms with van der Waals surface area (Å²) in [6, 6.07) is 9.22. The molecule has 0 aliphatic carbocycles. The Balaban J connectivity index is 1.66. The first kappa shape index (κ1) is 13.2. The van der Waals surface area contributed by atoms with E-state index in [0.717, 1.165) is 4.88 Å². The van der Waals surface area contributed by atoms with Crippen molar-refractivity contribution in [3.05, 3.63) is 52.9 Å². The van der Waals surface area contributed by atoms with Gasteiger partial charge in [-0.15, -0.1) is 16.4 Å². The van der Waals surface area contributed by atoms with Crippen molar-refractivity contribution in [3.63, 3.8) is 0 Å². The van der Waals surface area contributed by atoms with Gasteiger partial charge in [0.15, 0.2) is 0 Å². The Morgan fingerprint density at radius 2 is 2.19 bits per heavy atom. The monoisotopic (exact) mass is 298 g/mol. The van der Waals surface area contributed by atoms with E-state index in [2.05, 4.69) is 20.5 Å². The second-order valence-electron chi connectivity index (χ2n) is 3.97. The number of aromatic nitrogens is 3. The Bertz CT molecular complexity index is 750. The minimum absolute atomic E-state index is 0.0384. The first-order valence-corrected chi connectivity index (χ1v) is 6.97. The van der Waals surface area contributed by atoms with E-state index in [4.69, 9.17) is 4.42 Å². The lowest BCUT2D eigenvalue weighted by molar-refractivity contribution is -0.112. The van der Waals surface area contributed by atoms with Gasteiger partial charge in [-0.3, -0.25) is 15.1 Å². The molecule has 6 nitrogen and oxygen atoms in total. The molecular weight excluding hydrogens is 288 g/mol. The third-order valence-corrected chi connectivity index (χ3v) is 3.32. The second kappa shape index (κ2) is 6.10. The lowest BCUT2D eigenvalue weighted by Gasteiger charge is -1.94. The molecule has 0 saturated carbocycles. The zero-order chi connectivity index (χ0) is 14.5. The summed E-state index contributed by atoms with van der Waals surface area (Å²) in [6.07, 6.45) is 4.76. The maximum atomic E-state index is 11.7. The van der Waals surface area contributed by atoms with Crippen LogP contribution < -0.4 is 5.32 Å². The lowest BCUT2D eigenvalue weighted by atomic mass is 10.3. The van der Waals surface area contributed by atoms with Crippen LogP contribution in [0.15, 0.2) is 52.4 Å². The summed E-state index contributed by atoms with van der Waals surface area (Å²) in [5.41, 5.74) is 0.555. The van der Waals surface area contributed by atoms with Crippen molar-refractivity contribution >= 4 is 29.3 Å². The Hall–Kier alpha value is -2.80. The van der Waals surface area contributed by atoms with Gasteiger partial charge >= 0.3 is 6.01 Å². The Morgan fingerprint density at radius 1 is 1.24 bits per heavy atom.